The molecule has 220 valence electrons. The average Bonchev–Trinajstić information content (AvgIpc) is 3.25. The van der Waals surface area contributed by atoms with Gasteiger partial charge in [0.2, 0.25) is 5.91 Å². The first kappa shape index (κ1) is 29.9. The number of benzene rings is 2. The van der Waals surface area contributed by atoms with Gasteiger partial charge in [-0.2, -0.15) is 0 Å². The van der Waals surface area contributed by atoms with Gasteiger partial charge < -0.3 is 30.1 Å². The van der Waals surface area contributed by atoms with Gasteiger partial charge in [0.25, 0.3) is 0 Å². The SMILES string of the molecule is CC(C)(C)OC(=O)N1CCC[C@@H](CNC(=O)CC[C@H](NC(=O)OCC2c3ccccc3-c3ccccc32)C(=O)O)C1. The number of rotatable bonds is 9. The maximum atomic E-state index is 12.5. The van der Waals surface area contributed by atoms with Crippen LogP contribution in [0.4, 0.5) is 9.59 Å². The van der Waals surface area contributed by atoms with Crippen LogP contribution in [0.5, 0.6) is 0 Å². The minimum absolute atomic E-state index is 0.0639. The first-order chi connectivity index (χ1) is 19.5. The van der Waals surface area contributed by atoms with E-state index >= 15 is 0 Å². The molecule has 1 aliphatic carbocycles. The molecule has 2 aliphatic rings. The van der Waals surface area contributed by atoms with Gasteiger partial charge in [0.05, 0.1) is 0 Å². The summed E-state index contributed by atoms with van der Waals surface area (Å²) < 4.78 is 10.9. The summed E-state index contributed by atoms with van der Waals surface area (Å²) in [7, 11) is 0. The van der Waals surface area contributed by atoms with Crippen LogP contribution in [0.2, 0.25) is 0 Å². The zero-order valence-electron chi connectivity index (χ0n) is 23.9. The topological polar surface area (TPSA) is 134 Å². The van der Waals surface area contributed by atoms with E-state index in [4.69, 9.17) is 9.47 Å². The molecule has 10 nitrogen and oxygen atoms in total. The fourth-order valence-corrected chi connectivity index (χ4v) is 5.39. The molecule has 1 saturated heterocycles. The number of ether oxygens (including phenoxy) is 2. The van der Waals surface area contributed by atoms with Crippen LogP contribution >= 0.6 is 0 Å². The van der Waals surface area contributed by atoms with Crippen molar-refractivity contribution in [3.05, 3.63) is 59.7 Å². The van der Waals surface area contributed by atoms with E-state index in [2.05, 4.69) is 10.6 Å². The molecule has 2 aromatic carbocycles. The molecule has 1 heterocycles. The molecular weight excluding hydrogens is 526 g/mol. The molecule has 0 bridgehead atoms. The monoisotopic (exact) mass is 565 g/mol. The summed E-state index contributed by atoms with van der Waals surface area (Å²) >= 11 is 0. The third-order valence-corrected chi connectivity index (χ3v) is 7.35. The highest BCUT2D eigenvalue weighted by Crippen LogP contribution is 2.44. The molecule has 0 aromatic heterocycles. The van der Waals surface area contributed by atoms with Crippen molar-refractivity contribution in [3.63, 3.8) is 0 Å². The van der Waals surface area contributed by atoms with Crippen LogP contribution in [0.15, 0.2) is 48.5 Å². The molecule has 1 fully saturated rings. The summed E-state index contributed by atoms with van der Waals surface area (Å²) in [6, 6.07) is 14.6. The van der Waals surface area contributed by atoms with Crippen molar-refractivity contribution < 1.29 is 33.8 Å². The van der Waals surface area contributed by atoms with Gasteiger partial charge in [0.15, 0.2) is 0 Å². The minimum Gasteiger partial charge on any atom is -0.480 e. The molecule has 4 rings (SSSR count). The zero-order chi connectivity index (χ0) is 29.6. The number of carboxylic acids is 1. The van der Waals surface area contributed by atoms with Crippen molar-refractivity contribution in [1.82, 2.24) is 15.5 Å². The summed E-state index contributed by atoms with van der Waals surface area (Å²) in [4.78, 5) is 50.8. The first-order valence-corrected chi connectivity index (χ1v) is 14.1. The number of piperidine rings is 1. The quantitative estimate of drug-likeness (QED) is 0.407. The van der Waals surface area contributed by atoms with Crippen molar-refractivity contribution in [2.24, 2.45) is 5.92 Å². The Labute approximate surface area is 240 Å². The van der Waals surface area contributed by atoms with Crippen molar-refractivity contribution in [3.8, 4) is 11.1 Å². The summed E-state index contributed by atoms with van der Waals surface area (Å²) in [6.07, 6.45) is 0.302. The molecule has 0 spiro atoms. The van der Waals surface area contributed by atoms with Crippen molar-refractivity contribution in [1.29, 1.82) is 0 Å². The van der Waals surface area contributed by atoms with E-state index in [0.717, 1.165) is 35.1 Å². The number of fused-ring (bicyclic) bond motifs is 3. The Hall–Kier alpha value is -4.08. The van der Waals surface area contributed by atoms with Crippen LogP contribution in [0.3, 0.4) is 0 Å². The number of carboxylic acid groups (broad SMARTS) is 1. The molecule has 0 unspecified atom stereocenters. The van der Waals surface area contributed by atoms with Crippen LogP contribution < -0.4 is 10.6 Å². The molecule has 41 heavy (non-hydrogen) atoms. The number of alkyl carbamates (subject to hydrolysis) is 1. The lowest BCUT2D eigenvalue weighted by Crippen LogP contribution is -2.46. The van der Waals surface area contributed by atoms with Gasteiger partial charge in [-0.05, 0) is 68.2 Å². The minimum atomic E-state index is -1.27. The van der Waals surface area contributed by atoms with Crippen LogP contribution in [-0.2, 0) is 19.1 Å². The van der Waals surface area contributed by atoms with E-state index in [9.17, 15) is 24.3 Å². The van der Waals surface area contributed by atoms with Crippen LogP contribution in [-0.4, -0.2) is 72.0 Å². The predicted octanol–water partition coefficient (Wildman–Crippen LogP) is 4.52. The summed E-state index contributed by atoms with van der Waals surface area (Å²) in [5, 5.41) is 14.8. The van der Waals surface area contributed by atoms with Gasteiger partial charge in [-0.25, -0.2) is 14.4 Å². The molecule has 10 heteroatoms. The molecule has 3 amide bonds. The van der Waals surface area contributed by atoms with E-state index in [1.807, 2.05) is 69.3 Å². The average molecular weight is 566 g/mol. The third kappa shape index (κ3) is 7.99. The first-order valence-electron chi connectivity index (χ1n) is 14.1. The normalized spacial score (nSPS) is 17.1. The van der Waals surface area contributed by atoms with Gasteiger partial charge in [-0.1, -0.05) is 48.5 Å². The number of likely N-dealkylation sites (tertiary alicyclic amines) is 1. The molecule has 0 radical (unpaired) electrons. The Bertz CT molecular complexity index is 1230. The lowest BCUT2D eigenvalue weighted by molar-refractivity contribution is -0.139. The fourth-order valence-electron chi connectivity index (χ4n) is 5.39. The van der Waals surface area contributed by atoms with E-state index in [-0.39, 0.29) is 43.3 Å². The Balaban J connectivity index is 1.22. The second-order valence-corrected chi connectivity index (χ2v) is 11.6. The van der Waals surface area contributed by atoms with Crippen molar-refractivity contribution >= 4 is 24.1 Å². The van der Waals surface area contributed by atoms with Crippen LogP contribution in [0.1, 0.15) is 63.5 Å². The Morgan fingerprint density at radius 3 is 2.27 bits per heavy atom. The lowest BCUT2D eigenvalue weighted by atomic mass is 9.98. The molecule has 0 saturated carbocycles. The summed E-state index contributed by atoms with van der Waals surface area (Å²) in [5.74, 6) is -1.63. The molecule has 2 atom stereocenters. The zero-order valence-corrected chi connectivity index (χ0v) is 23.9. The van der Waals surface area contributed by atoms with Crippen molar-refractivity contribution in [2.75, 3.05) is 26.2 Å². The maximum Gasteiger partial charge on any atom is 0.410 e. The predicted molar refractivity (Wildman–Crippen MR) is 152 cm³/mol. The number of nitrogens with one attached hydrogen (secondary N) is 2. The Kier molecular flexibility index (Phi) is 9.52. The smallest absolute Gasteiger partial charge is 0.410 e. The number of amides is 3. The van der Waals surface area contributed by atoms with E-state index in [1.54, 1.807) is 4.90 Å². The Morgan fingerprint density at radius 1 is 1.02 bits per heavy atom. The molecular formula is C31H39N3O7. The summed E-state index contributed by atoms with van der Waals surface area (Å²) in [5.41, 5.74) is 3.72. The Morgan fingerprint density at radius 2 is 1.66 bits per heavy atom. The highest BCUT2D eigenvalue weighted by atomic mass is 16.6. The molecule has 1 aliphatic heterocycles. The van der Waals surface area contributed by atoms with Crippen LogP contribution in [0, 0.1) is 5.92 Å². The van der Waals surface area contributed by atoms with Gasteiger partial charge in [-0.3, -0.25) is 4.79 Å². The number of hydrogen-bond acceptors (Lipinski definition) is 6. The lowest BCUT2D eigenvalue weighted by Gasteiger charge is -2.34. The van der Waals surface area contributed by atoms with Gasteiger partial charge in [0.1, 0.15) is 18.2 Å². The van der Waals surface area contributed by atoms with Gasteiger partial charge >= 0.3 is 18.2 Å². The number of carbonyl (C=O) groups is 4. The molecule has 3 N–H and O–H groups in total. The third-order valence-electron chi connectivity index (χ3n) is 7.35. The van der Waals surface area contributed by atoms with Gasteiger partial charge in [-0.15, -0.1) is 0 Å². The largest absolute Gasteiger partial charge is 0.480 e. The van der Waals surface area contributed by atoms with Crippen LogP contribution in [0.25, 0.3) is 11.1 Å². The highest BCUT2D eigenvalue weighted by molar-refractivity contribution is 5.82. The van der Waals surface area contributed by atoms with E-state index < -0.39 is 23.7 Å². The second kappa shape index (κ2) is 13.1. The number of carbonyl (C=O) groups excluding carboxylic acids is 3. The molecule has 2 aromatic rings. The highest BCUT2D eigenvalue weighted by Gasteiger charge is 2.31. The van der Waals surface area contributed by atoms with Gasteiger partial charge in [0, 0.05) is 32.0 Å². The number of hydrogen-bond donors (Lipinski definition) is 3. The number of aliphatic carboxylic acids is 1. The van der Waals surface area contributed by atoms with E-state index in [1.165, 1.54) is 0 Å². The van der Waals surface area contributed by atoms with Crippen molar-refractivity contribution in [2.45, 2.75) is 64.0 Å². The van der Waals surface area contributed by atoms with E-state index in [0.29, 0.717) is 19.6 Å². The second-order valence-electron chi connectivity index (χ2n) is 11.6. The fraction of sp³-hybridized carbons (Fsp3) is 0.484. The number of nitrogens with zero attached hydrogens (tertiary/aromatic N) is 1. The summed E-state index contributed by atoms with van der Waals surface area (Å²) in [6.45, 7) is 6.99. The standard InChI is InChI=1S/C31H39N3O7/c1-31(2,3)41-30(39)34-16-8-9-20(18-34)17-32-27(35)15-14-26(28(36)37)33-29(38)40-19-25-23-12-6-4-10-21(23)22-11-5-7-13-24(22)25/h4-7,10-13,20,25-26H,8-9,14-19H2,1-3H3,(H,32,35)(H,33,38)(H,36,37)/t20-,26-/m0/s1. The maximum absolute atomic E-state index is 12.5.